The SMILES string of the molecule is C=COC=C.CCN(CC)CCCO. The van der Waals surface area contributed by atoms with Gasteiger partial charge in [0.25, 0.3) is 0 Å². The molecule has 3 nitrogen and oxygen atoms in total. The summed E-state index contributed by atoms with van der Waals surface area (Å²) in [6.45, 7) is 14.3. The number of hydrogen-bond donors (Lipinski definition) is 1. The number of rotatable bonds is 7. The van der Waals surface area contributed by atoms with E-state index in [2.05, 4.69) is 36.6 Å². The molecular formula is C11H23NO2. The molecule has 0 aliphatic carbocycles. The van der Waals surface area contributed by atoms with Gasteiger partial charge in [0.1, 0.15) is 0 Å². The van der Waals surface area contributed by atoms with Crippen LogP contribution in [0.25, 0.3) is 0 Å². The standard InChI is InChI=1S/C7H17NO.C4H6O/c1-3-8(4-2)6-5-7-9;1-3-5-4-2/h9H,3-7H2,1-2H3;3-4H,1-2H2. The van der Waals surface area contributed by atoms with Crippen LogP contribution in [0.5, 0.6) is 0 Å². The Morgan fingerprint density at radius 1 is 1.21 bits per heavy atom. The molecule has 1 N–H and O–H groups in total. The molecule has 0 saturated carbocycles. The molecule has 84 valence electrons. The van der Waals surface area contributed by atoms with Crippen LogP contribution in [0.3, 0.4) is 0 Å². The van der Waals surface area contributed by atoms with Crippen molar-refractivity contribution in [3.05, 3.63) is 25.7 Å². The van der Waals surface area contributed by atoms with Crippen molar-refractivity contribution in [3.8, 4) is 0 Å². The smallest absolute Gasteiger partial charge is 0.0829 e. The van der Waals surface area contributed by atoms with E-state index in [0.717, 1.165) is 26.1 Å². The first-order valence-corrected chi connectivity index (χ1v) is 4.97. The molecule has 0 rings (SSSR count). The van der Waals surface area contributed by atoms with Gasteiger partial charge in [0.05, 0.1) is 12.5 Å². The van der Waals surface area contributed by atoms with E-state index in [1.807, 2.05) is 0 Å². The highest BCUT2D eigenvalue weighted by Gasteiger charge is 1.95. The minimum absolute atomic E-state index is 0.316. The molecule has 0 atom stereocenters. The van der Waals surface area contributed by atoms with E-state index < -0.39 is 0 Å². The molecule has 0 bridgehead atoms. The van der Waals surface area contributed by atoms with E-state index in [9.17, 15) is 0 Å². The zero-order valence-corrected chi connectivity index (χ0v) is 9.41. The van der Waals surface area contributed by atoms with Crippen LogP contribution in [-0.4, -0.2) is 36.2 Å². The second-order valence-electron chi connectivity index (χ2n) is 2.57. The second kappa shape index (κ2) is 14.7. The number of aliphatic hydroxyl groups is 1. The molecular weight excluding hydrogens is 178 g/mol. The predicted molar refractivity (Wildman–Crippen MR) is 61.0 cm³/mol. The lowest BCUT2D eigenvalue weighted by atomic mass is 10.4. The van der Waals surface area contributed by atoms with Crippen LogP contribution in [-0.2, 0) is 4.74 Å². The minimum Gasteiger partial charge on any atom is -0.474 e. The van der Waals surface area contributed by atoms with Gasteiger partial charge in [0.15, 0.2) is 0 Å². The lowest BCUT2D eigenvalue weighted by molar-refractivity contribution is 0.236. The van der Waals surface area contributed by atoms with Crippen LogP contribution in [0.15, 0.2) is 25.7 Å². The van der Waals surface area contributed by atoms with Crippen molar-refractivity contribution in [1.29, 1.82) is 0 Å². The Labute approximate surface area is 87.7 Å². The zero-order chi connectivity index (χ0) is 11.2. The Balaban J connectivity index is 0. The third-order valence-corrected chi connectivity index (χ3v) is 1.72. The van der Waals surface area contributed by atoms with Crippen LogP contribution in [0, 0.1) is 0 Å². The van der Waals surface area contributed by atoms with Crippen molar-refractivity contribution in [1.82, 2.24) is 4.90 Å². The van der Waals surface area contributed by atoms with E-state index in [4.69, 9.17) is 5.11 Å². The van der Waals surface area contributed by atoms with Crippen LogP contribution in [0.4, 0.5) is 0 Å². The summed E-state index contributed by atoms with van der Waals surface area (Å²) in [4.78, 5) is 2.30. The van der Waals surface area contributed by atoms with E-state index in [1.54, 1.807) is 0 Å². The third-order valence-electron chi connectivity index (χ3n) is 1.72. The fourth-order valence-electron chi connectivity index (χ4n) is 0.902. The topological polar surface area (TPSA) is 32.7 Å². The maximum atomic E-state index is 8.48. The highest BCUT2D eigenvalue weighted by atomic mass is 16.5. The summed E-state index contributed by atoms with van der Waals surface area (Å²) in [5, 5.41) is 8.48. The van der Waals surface area contributed by atoms with Gasteiger partial charge in [0.2, 0.25) is 0 Å². The zero-order valence-electron chi connectivity index (χ0n) is 9.41. The van der Waals surface area contributed by atoms with Crippen LogP contribution in [0.2, 0.25) is 0 Å². The number of hydrogen-bond acceptors (Lipinski definition) is 3. The summed E-state index contributed by atoms with van der Waals surface area (Å²) >= 11 is 0. The largest absolute Gasteiger partial charge is 0.474 e. The van der Waals surface area contributed by atoms with Gasteiger partial charge in [-0.15, -0.1) is 0 Å². The Morgan fingerprint density at radius 2 is 1.71 bits per heavy atom. The van der Waals surface area contributed by atoms with Gasteiger partial charge in [0, 0.05) is 13.2 Å². The lowest BCUT2D eigenvalue weighted by Crippen LogP contribution is -2.24. The summed E-state index contributed by atoms with van der Waals surface area (Å²) in [5.74, 6) is 0. The van der Waals surface area contributed by atoms with Crippen molar-refractivity contribution >= 4 is 0 Å². The van der Waals surface area contributed by atoms with Gasteiger partial charge < -0.3 is 14.7 Å². The molecule has 0 aliphatic rings. The highest BCUT2D eigenvalue weighted by Crippen LogP contribution is 1.88. The van der Waals surface area contributed by atoms with Gasteiger partial charge in [-0.3, -0.25) is 0 Å². The molecule has 0 aromatic heterocycles. The van der Waals surface area contributed by atoms with Crippen molar-refractivity contribution < 1.29 is 9.84 Å². The van der Waals surface area contributed by atoms with Gasteiger partial charge in [-0.25, -0.2) is 0 Å². The first-order chi connectivity index (χ1) is 6.76. The molecule has 0 unspecified atom stereocenters. The van der Waals surface area contributed by atoms with Gasteiger partial charge >= 0.3 is 0 Å². The normalized spacial score (nSPS) is 8.86. The molecule has 0 fully saturated rings. The first kappa shape index (κ1) is 15.7. The summed E-state index contributed by atoms with van der Waals surface area (Å²) in [6, 6.07) is 0. The average molecular weight is 201 g/mol. The molecule has 0 spiro atoms. The van der Waals surface area contributed by atoms with Gasteiger partial charge in [-0.05, 0) is 19.5 Å². The fourth-order valence-corrected chi connectivity index (χ4v) is 0.902. The molecule has 0 aliphatic heterocycles. The van der Waals surface area contributed by atoms with Crippen LogP contribution in [0.1, 0.15) is 20.3 Å². The Morgan fingerprint density at radius 3 is 1.93 bits per heavy atom. The summed E-state index contributed by atoms with van der Waals surface area (Å²) in [6.07, 6.45) is 3.53. The van der Waals surface area contributed by atoms with Crippen molar-refractivity contribution in [2.24, 2.45) is 0 Å². The second-order valence-corrected chi connectivity index (χ2v) is 2.57. The average Bonchev–Trinajstić information content (AvgIpc) is 2.22. The number of ether oxygens (including phenoxy) is 1. The molecule has 0 aromatic rings. The van der Waals surface area contributed by atoms with Gasteiger partial charge in [-0.1, -0.05) is 27.0 Å². The van der Waals surface area contributed by atoms with Crippen LogP contribution < -0.4 is 0 Å². The molecule has 3 heteroatoms. The number of nitrogens with zero attached hydrogens (tertiary/aromatic N) is 1. The first-order valence-electron chi connectivity index (χ1n) is 4.97. The molecule has 0 heterocycles. The van der Waals surface area contributed by atoms with E-state index in [-0.39, 0.29) is 0 Å². The summed E-state index contributed by atoms with van der Waals surface area (Å²) in [5.41, 5.74) is 0. The quantitative estimate of drug-likeness (QED) is 0.639. The number of aliphatic hydroxyl groups excluding tert-OH is 1. The van der Waals surface area contributed by atoms with Crippen LogP contribution >= 0.6 is 0 Å². The van der Waals surface area contributed by atoms with Crippen molar-refractivity contribution in [2.45, 2.75) is 20.3 Å². The Kier molecular flexibility index (Phi) is 16.5. The fraction of sp³-hybridized carbons (Fsp3) is 0.636. The summed E-state index contributed by atoms with van der Waals surface area (Å²) < 4.78 is 4.36. The molecule has 0 radical (unpaired) electrons. The minimum atomic E-state index is 0.316. The maximum absolute atomic E-state index is 8.48. The summed E-state index contributed by atoms with van der Waals surface area (Å²) in [7, 11) is 0. The maximum Gasteiger partial charge on any atom is 0.0829 e. The Hall–Kier alpha value is -0.800. The monoisotopic (exact) mass is 201 g/mol. The third kappa shape index (κ3) is 13.8. The Bertz CT molecular complexity index is 116. The predicted octanol–water partition coefficient (Wildman–Crippen LogP) is 2.00. The lowest BCUT2D eigenvalue weighted by Gasteiger charge is -2.16. The molecule has 14 heavy (non-hydrogen) atoms. The van der Waals surface area contributed by atoms with E-state index >= 15 is 0 Å². The van der Waals surface area contributed by atoms with Crippen molar-refractivity contribution in [2.75, 3.05) is 26.2 Å². The van der Waals surface area contributed by atoms with Gasteiger partial charge in [-0.2, -0.15) is 0 Å². The molecule has 0 amide bonds. The molecule has 0 saturated heterocycles. The molecule has 0 aromatic carbocycles. The highest BCUT2D eigenvalue weighted by molar-refractivity contribution is 4.57. The van der Waals surface area contributed by atoms with Crippen molar-refractivity contribution in [3.63, 3.8) is 0 Å². The van der Waals surface area contributed by atoms with E-state index in [1.165, 1.54) is 12.5 Å². The van der Waals surface area contributed by atoms with E-state index in [0.29, 0.717) is 6.61 Å².